The third-order valence-corrected chi connectivity index (χ3v) is 7.28. The SMILES string of the molecule is O=C(O)CC1CCc2c1n(Cc1ccc(Cl)cc1)c1ccc(OCc3ccc4ccccc4n3)cc21. The Morgan fingerprint density at radius 2 is 1.89 bits per heavy atom. The number of aryl methyl sites for hydroxylation is 1. The van der Waals surface area contributed by atoms with Gasteiger partial charge in [0.1, 0.15) is 12.4 Å². The van der Waals surface area contributed by atoms with Crippen molar-refractivity contribution in [3.63, 3.8) is 0 Å². The van der Waals surface area contributed by atoms with Crippen LogP contribution >= 0.6 is 11.6 Å². The average Bonchev–Trinajstić information content (AvgIpc) is 3.42. The van der Waals surface area contributed by atoms with Crippen molar-refractivity contribution >= 4 is 39.4 Å². The Morgan fingerprint density at radius 1 is 1.06 bits per heavy atom. The summed E-state index contributed by atoms with van der Waals surface area (Å²) in [6, 6.07) is 26.1. The van der Waals surface area contributed by atoms with E-state index in [1.54, 1.807) is 0 Å². The number of hydrogen-bond acceptors (Lipinski definition) is 3. The molecule has 0 spiro atoms. The van der Waals surface area contributed by atoms with Crippen molar-refractivity contribution in [3.8, 4) is 5.75 Å². The highest BCUT2D eigenvalue weighted by Gasteiger charge is 2.31. The number of nitrogens with zero attached hydrogens (tertiary/aromatic N) is 2. The van der Waals surface area contributed by atoms with Crippen molar-refractivity contribution in [1.82, 2.24) is 9.55 Å². The van der Waals surface area contributed by atoms with Gasteiger partial charge in [-0.05, 0) is 66.4 Å². The number of carboxylic acids is 1. The number of carboxylic acid groups (broad SMARTS) is 1. The van der Waals surface area contributed by atoms with Gasteiger partial charge < -0.3 is 14.4 Å². The molecule has 0 aliphatic heterocycles. The van der Waals surface area contributed by atoms with Crippen molar-refractivity contribution in [2.45, 2.75) is 38.3 Å². The topological polar surface area (TPSA) is 64.3 Å². The zero-order valence-corrected chi connectivity index (χ0v) is 20.4. The lowest BCUT2D eigenvalue weighted by atomic mass is 10.0. The molecular weight excluding hydrogens is 472 g/mol. The predicted octanol–water partition coefficient (Wildman–Crippen LogP) is 6.97. The van der Waals surface area contributed by atoms with Gasteiger partial charge in [0.15, 0.2) is 0 Å². The third kappa shape index (κ3) is 4.31. The summed E-state index contributed by atoms with van der Waals surface area (Å²) in [5.74, 6) is 0.0250. The standard InChI is InChI=1S/C30H25ClN2O3/c31-22-9-5-19(6-10-22)17-33-28-14-12-24(16-26(28)25-13-8-21(30(25)33)15-29(34)35)36-18-23-11-7-20-3-1-2-4-27(20)32-23/h1-7,9-12,14,16,21H,8,13,15,17-18H2,(H,34,35). The van der Waals surface area contributed by atoms with E-state index in [2.05, 4.69) is 22.8 Å². The lowest BCUT2D eigenvalue weighted by molar-refractivity contribution is -0.137. The maximum Gasteiger partial charge on any atom is 0.304 e. The molecule has 1 atom stereocenters. The number of aromatic nitrogens is 2. The number of para-hydroxylation sites is 1. The lowest BCUT2D eigenvalue weighted by Crippen LogP contribution is -2.10. The third-order valence-electron chi connectivity index (χ3n) is 7.03. The zero-order chi connectivity index (χ0) is 24.6. The molecule has 5 nitrogen and oxygen atoms in total. The second kappa shape index (κ2) is 9.32. The van der Waals surface area contributed by atoms with Crippen LogP contribution in [0.1, 0.15) is 41.3 Å². The molecule has 6 rings (SSSR count). The van der Waals surface area contributed by atoms with E-state index in [9.17, 15) is 9.90 Å². The molecule has 0 saturated carbocycles. The summed E-state index contributed by atoms with van der Waals surface area (Å²) in [5, 5.41) is 12.5. The normalized spacial score (nSPS) is 14.9. The Labute approximate surface area is 213 Å². The Kier molecular flexibility index (Phi) is 5.86. The van der Waals surface area contributed by atoms with Crippen LogP contribution in [0.4, 0.5) is 0 Å². The monoisotopic (exact) mass is 496 g/mol. The molecule has 180 valence electrons. The Morgan fingerprint density at radius 3 is 2.72 bits per heavy atom. The summed E-state index contributed by atoms with van der Waals surface area (Å²) < 4.78 is 8.44. The van der Waals surface area contributed by atoms with Crippen LogP contribution in [0, 0.1) is 0 Å². The van der Waals surface area contributed by atoms with Gasteiger partial charge in [-0.2, -0.15) is 0 Å². The first-order valence-electron chi connectivity index (χ1n) is 12.1. The molecule has 0 amide bonds. The number of hydrogen-bond donors (Lipinski definition) is 1. The highest BCUT2D eigenvalue weighted by molar-refractivity contribution is 6.30. The first kappa shape index (κ1) is 22.6. The lowest BCUT2D eigenvalue weighted by Gasteiger charge is -2.16. The summed E-state index contributed by atoms with van der Waals surface area (Å²) in [6.07, 6.45) is 1.85. The van der Waals surface area contributed by atoms with Crippen molar-refractivity contribution in [2.75, 3.05) is 0 Å². The van der Waals surface area contributed by atoms with Gasteiger partial charge >= 0.3 is 5.97 Å². The minimum absolute atomic E-state index is 0.00312. The molecule has 0 radical (unpaired) electrons. The quantitative estimate of drug-likeness (QED) is 0.264. The molecule has 36 heavy (non-hydrogen) atoms. The minimum atomic E-state index is -0.761. The van der Waals surface area contributed by atoms with E-state index in [0.29, 0.717) is 18.2 Å². The van der Waals surface area contributed by atoms with Gasteiger partial charge in [0, 0.05) is 39.5 Å². The Hall–Kier alpha value is -3.83. The summed E-state index contributed by atoms with van der Waals surface area (Å²) in [6.45, 7) is 1.05. The van der Waals surface area contributed by atoms with Gasteiger partial charge in [-0.25, -0.2) is 4.98 Å². The Balaban J connectivity index is 1.34. The van der Waals surface area contributed by atoms with Crippen LogP contribution in [0.25, 0.3) is 21.8 Å². The number of ether oxygens (including phenoxy) is 1. The number of aliphatic carboxylic acids is 1. The van der Waals surface area contributed by atoms with Crippen LogP contribution in [0.15, 0.2) is 78.9 Å². The van der Waals surface area contributed by atoms with E-state index < -0.39 is 5.97 Å². The molecule has 0 fully saturated rings. The maximum atomic E-state index is 11.6. The fourth-order valence-electron chi connectivity index (χ4n) is 5.40. The van der Waals surface area contributed by atoms with Crippen LogP contribution < -0.4 is 4.74 Å². The van der Waals surface area contributed by atoms with E-state index in [-0.39, 0.29) is 12.3 Å². The van der Waals surface area contributed by atoms with Crippen molar-refractivity contribution in [3.05, 3.63) is 106 Å². The zero-order valence-electron chi connectivity index (χ0n) is 19.7. The smallest absolute Gasteiger partial charge is 0.304 e. The summed E-state index contributed by atoms with van der Waals surface area (Å²) in [7, 11) is 0. The maximum absolute atomic E-state index is 11.6. The van der Waals surface area contributed by atoms with Crippen LogP contribution in [-0.4, -0.2) is 20.6 Å². The number of fused-ring (bicyclic) bond motifs is 4. The van der Waals surface area contributed by atoms with Gasteiger partial charge in [-0.3, -0.25) is 4.79 Å². The second-order valence-electron chi connectivity index (χ2n) is 9.37. The van der Waals surface area contributed by atoms with Gasteiger partial charge in [-0.15, -0.1) is 0 Å². The number of pyridine rings is 1. The van der Waals surface area contributed by atoms with E-state index in [1.807, 2.05) is 60.7 Å². The second-order valence-corrected chi connectivity index (χ2v) is 9.81. The van der Waals surface area contributed by atoms with Crippen molar-refractivity contribution < 1.29 is 14.6 Å². The van der Waals surface area contributed by atoms with Crippen molar-refractivity contribution in [2.24, 2.45) is 0 Å². The van der Waals surface area contributed by atoms with Crippen molar-refractivity contribution in [1.29, 1.82) is 0 Å². The molecule has 3 aromatic carbocycles. The molecule has 0 saturated heterocycles. The molecule has 6 heteroatoms. The Bertz CT molecular complexity index is 1590. The van der Waals surface area contributed by atoms with E-state index in [0.717, 1.165) is 57.3 Å². The number of benzene rings is 3. The highest BCUT2D eigenvalue weighted by Crippen LogP contribution is 2.43. The minimum Gasteiger partial charge on any atom is -0.487 e. The summed E-state index contributed by atoms with van der Waals surface area (Å²) >= 11 is 6.09. The van der Waals surface area contributed by atoms with Crippen LogP contribution in [0.5, 0.6) is 5.75 Å². The number of halogens is 1. The van der Waals surface area contributed by atoms with Crippen LogP contribution in [0.3, 0.4) is 0 Å². The van der Waals surface area contributed by atoms with E-state index in [4.69, 9.17) is 21.3 Å². The van der Waals surface area contributed by atoms with E-state index in [1.165, 1.54) is 5.56 Å². The molecule has 5 aromatic rings. The summed E-state index contributed by atoms with van der Waals surface area (Å²) in [4.78, 5) is 16.3. The van der Waals surface area contributed by atoms with Gasteiger partial charge in [0.05, 0.1) is 17.6 Å². The predicted molar refractivity (Wildman–Crippen MR) is 142 cm³/mol. The fourth-order valence-corrected chi connectivity index (χ4v) is 5.52. The number of rotatable bonds is 7. The van der Waals surface area contributed by atoms with Gasteiger partial charge in [0.25, 0.3) is 0 Å². The first-order valence-corrected chi connectivity index (χ1v) is 12.5. The van der Waals surface area contributed by atoms with Gasteiger partial charge in [-0.1, -0.05) is 48.0 Å². The first-order chi connectivity index (χ1) is 17.5. The largest absolute Gasteiger partial charge is 0.487 e. The molecule has 1 aliphatic carbocycles. The molecular formula is C30H25ClN2O3. The molecule has 2 aromatic heterocycles. The van der Waals surface area contributed by atoms with Crippen LogP contribution in [0.2, 0.25) is 5.02 Å². The number of carbonyl (C=O) groups is 1. The fraction of sp³-hybridized carbons (Fsp3) is 0.200. The van der Waals surface area contributed by atoms with E-state index >= 15 is 0 Å². The molecule has 1 N–H and O–H groups in total. The van der Waals surface area contributed by atoms with Crippen LogP contribution in [-0.2, 0) is 24.4 Å². The van der Waals surface area contributed by atoms with Gasteiger partial charge in [0.2, 0.25) is 0 Å². The summed E-state index contributed by atoms with van der Waals surface area (Å²) in [5.41, 5.74) is 6.43. The molecule has 2 heterocycles. The average molecular weight is 497 g/mol. The molecule has 1 unspecified atom stereocenters. The molecule has 1 aliphatic rings. The molecule has 0 bridgehead atoms. The highest BCUT2D eigenvalue weighted by atomic mass is 35.5.